The van der Waals surface area contributed by atoms with Gasteiger partial charge in [0.05, 0.1) is 0 Å². The van der Waals surface area contributed by atoms with E-state index >= 15 is 0 Å². The van der Waals surface area contributed by atoms with Crippen LogP contribution in [0.4, 0.5) is 0 Å². The van der Waals surface area contributed by atoms with Crippen LogP contribution in [0.15, 0.2) is 30.3 Å². The molecule has 0 bridgehead atoms. The van der Waals surface area contributed by atoms with Gasteiger partial charge in [-0.15, -0.1) is 0 Å². The summed E-state index contributed by atoms with van der Waals surface area (Å²) in [7, 11) is 0. The van der Waals surface area contributed by atoms with Gasteiger partial charge in [-0.2, -0.15) is 0 Å². The molecule has 1 aromatic carbocycles. The Morgan fingerprint density at radius 3 is 2.40 bits per heavy atom. The Morgan fingerprint density at radius 1 is 1.30 bits per heavy atom. The van der Waals surface area contributed by atoms with Gasteiger partial charge >= 0.3 is 0 Å². The molecule has 0 heterocycles. The zero-order valence-corrected chi connectivity index (χ0v) is 5.37. The van der Waals surface area contributed by atoms with E-state index in [4.69, 9.17) is 5.73 Å². The molecule has 2 radical (unpaired) electrons. The van der Waals surface area contributed by atoms with Gasteiger partial charge in [-0.05, 0) is 5.56 Å². The molecule has 0 amide bonds. The molecule has 0 fully saturated rings. The topological polar surface area (TPSA) is 43.1 Å². The number of hydrogen-bond acceptors (Lipinski definition) is 2. The Morgan fingerprint density at radius 2 is 1.90 bits per heavy atom. The van der Waals surface area contributed by atoms with Crippen molar-refractivity contribution < 1.29 is 4.79 Å². The Labute approximate surface area is 59.7 Å². The summed E-state index contributed by atoms with van der Waals surface area (Å²) >= 11 is 0. The lowest BCUT2D eigenvalue weighted by Gasteiger charge is -1.98. The first-order valence-electron chi connectivity index (χ1n) is 2.90. The highest BCUT2D eigenvalue weighted by molar-refractivity contribution is 5.74. The highest BCUT2D eigenvalue weighted by atomic mass is 16.1. The van der Waals surface area contributed by atoms with E-state index in [1.54, 1.807) is 18.4 Å². The molecule has 1 aromatic rings. The van der Waals surface area contributed by atoms with Crippen LogP contribution >= 0.6 is 0 Å². The summed E-state index contributed by atoms with van der Waals surface area (Å²) in [5, 5.41) is 0. The quantitative estimate of drug-likeness (QED) is 0.643. The van der Waals surface area contributed by atoms with E-state index in [9.17, 15) is 4.79 Å². The summed E-state index contributed by atoms with van der Waals surface area (Å²) in [6.07, 6.45) is 1.63. The van der Waals surface area contributed by atoms with Crippen molar-refractivity contribution in [3.63, 3.8) is 0 Å². The number of hydrogen-bond donors (Lipinski definition) is 1. The molecule has 0 aliphatic carbocycles. The highest BCUT2D eigenvalue weighted by Crippen LogP contribution is 2.04. The summed E-state index contributed by atoms with van der Waals surface area (Å²) in [6.45, 7) is 0. The third-order valence-electron chi connectivity index (χ3n) is 1.19. The van der Waals surface area contributed by atoms with Crippen LogP contribution in [-0.4, -0.2) is 6.29 Å². The first-order valence-corrected chi connectivity index (χ1v) is 2.90. The third kappa shape index (κ3) is 1.42. The average molecular weight is 133 g/mol. The number of benzene rings is 1. The van der Waals surface area contributed by atoms with Crippen LogP contribution in [0, 0.1) is 6.04 Å². The lowest BCUT2D eigenvalue weighted by molar-refractivity contribution is 0.557. The first kappa shape index (κ1) is 6.96. The minimum atomic E-state index is 0.153. The van der Waals surface area contributed by atoms with E-state index in [0.717, 1.165) is 5.56 Å². The molecule has 0 spiro atoms. The summed E-state index contributed by atoms with van der Waals surface area (Å²) in [5.41, 5.74) is 6.01. The molecule has 2 N–H and O–H groups in total. The van der Waals surface area contributed by atoms with Crippen LogP contribution in [0.1, 0.15) is 5.56 Å². The molecule has 50 valence electrons. The molecule has 0 aliphatic heterocycles. The van der Waals surface area contributed by atoms with Crippen LogP contribution in [0.5, 0.6) is 0 Å². The van der Waals surface area contributed by atoms with E-state index in [1.165, 1.54) is 0 Å². The molecule has 2 heteroatoms. The predicted octanol–water partition coefficient (Wildman–Crippen LogP) is 0.635. The summed E-state index contributed by atoms with van der Waals surface area (Å²) in [4.78, 5) is 10.0. The Balaban J connectivity index is 2.84. The standard InChI is InChI=1S/C8H7NO/c9-8(6-10)7-4-2-1-3-5-7/h1-5H,9H2. The Bertz CT molecular complexity index is 208. The molecule has 0 saturated heterocycles. The van der Waals surface area contributed by atoms with Crippen LogP contribution in [0.2, 0.25) is 0 Å². The molecule has 0 aromatic heterocycles. The fourth-order valence-corrected chi connectivity index (χ4v) is 0.677. The van der Waals surface area contributed by atoms with E-state index in [0.29, 0.717) is 0 Å². The number of nitrogens with two attached hydrogens (primary N) is 1. The number of rotatable bonds is 2. The molecule has 0 saturated carbocycles. The van der Waals surface area contributed by atoms with Crippen LogP contribution in [0.3, 0.4) is 0 Å². The average Bonchev–Trinajstić information content (AvgIpc) is 2.05. The lowest BCUT2D eigenvalue weighted by Crippen LogP contribution is -2.11. The van der Waals surface area contributed by atoms with Gasteiger partial charge in [0.15, 0.2) is 0 Å². The van der Waals surface area contributed by atoms with Crippen molar-refractivity contribution in [1.82, 2.24) is 0 Å². The van der Waals surface area contributed by atoms with E-state index in [1.807, 2.05) is 18.2 Å². The largest absolute Gasteiger partial charge is 0.313 e. The van der Waals surface area contributed by atoms with Crippen LogP contribution in [0.25, 0.3) is 0 Å². The van der Waals surface area contributed by atoms with Gasteiger partial charge in [-0.1, -0.05) is 30.3 Å². The molecule has 2 nitrogen and oxygen atoms in total. The van der Waals surface area contributed by atoms with Crippen LogP contribution < -0.4 is 5.73 Å². The van der Waals surface area contributed by atoms with Gasteiger partial charge in [0.2, 0.25) is 6.29 Å². The molecule has 0 aliphatic rings. The lowest BCUT2D eigenvalue weighted by atomic mass is 10.1. The van der Waals surface area contributed by atoms with Crippen LogP contribution in [-0.2, 0) is 4.79 Å². The van der Waals surface area contributed by atoms with Crippen molar-refractivity contribution in [3.8, 4) is 0 Å². The zero-order chi connectivity index (χ0) is 7.40. The van der Waals surface area contributed by atoms with Gasteiger partial charge < -0.3 is 5.73 Å². The monoisotopic (exact) mass is 133 g/mol. The van der Waals surface area contributed by atoms with Crippen molar-refractivity contribution in [2.45, 2.75) is 0 Å². The molecule has 0 unspecified atom stereocenters. The first-order chi connectivity index (χ1) is 4.84. The van der Waals surface area contributed by atoms with Gasteiger partial charge in [0.25, 0.3) is 0 Å². The molecular weight excluding hydrogens is 126 g/mol. The second-order valence-electron chi connectivity index (χ2n) is 1.88. The van der Waals surface area contributed by atoms with Gasteiger partial charge in [-0.3, -0.25) is 4.79 Å². The van der Waals surface area contributed by atoms with Gasteiger partial charge in [0.1, 0.15) is 6.04 Å². The van der Waals surface area contributed by atoms with E-state index in [2.05, 4.69) is 0 Å². The summed E-state index contributed by atoms with van der Waals surface area (Å²) in [5.74, 6) is 0. The third-order valence-corrected chi connectivity index (χ3v) is 1.19. The second kappa shape index (κ2) is 3.13. The predicted molar refractivity (Wildman–Crippen MR) is 38.7 cm³/mol. The highest BCUT2D eigenvalue weighted by Gasteiger charge is 2.03. The molecular formula is C8H7NO. The van der Waals surface area contributed by atoms with Crippen molar-refractivity contribution in [1.29, 1.82) is 0 Å². The van der Waals surface area contributed by atoms with Crippen molar-refractivity contribution >= 4 is 6.29 Å². The zero-order valence-electron chi connectivity index (χ0n) is 5.37. The van der Waals surface area contributed by atoms with Gasteiger partial charge in [-0.25, -0.2) is 0 Å². The molecule has 1 rings (SSSR count). The smallest absolute Gasteiger partial charge is 0.227 e. The fourth-order valence-electron chi connectivity index (χ4n) is 0.677. The van der Waals surface area contributed by atoms with Crippen molar-refractivity contribution in [2.24, 2.45) is 5.73 Å². The second-order valence-corrected chi connectivity index (χ2v) is 1.88. The Kier molecular flexibility index (Phi) is 2.18. The fraction of sp³-hybridized carbons (Fsp3) is 0. The van der Waals surface area contributed by atoms with Crippen molar-refractivity contribution in [2.75, 3.05) is 0 Å². The molecule has 10 heavy (non-hydrogen) atoms. The van der Waals surface area contributed by atoms with Gasteiger partial charge in [0, 0.05) is 0 Å². The van der Waals surface area contributed by atoms with E-state index in [-0.39, 0.29) is 6.04 Å². The minimum Gasteiger partial charge on any atom is -0.313 e. The summed E-state index contributed by atoms with van der Waals surface area (Å²) in [6, 6.07) is 9.18. The number of carbonyl (C=O) groups excluding carboxylic acids is 1. The van der Waals surface area contributed by atoms with Crippen molar-refractivity contribution in [3.05, 3.63) is 41.9 Å². The normalized spacial score (nSPS) is 9.80. The maximum absolute atomic E-state index is 10.0. The van der Waals surface area contributed by atoms with E-state index < -0.39 is 0 Å². The SMILES string of the molecule is N[C]([C]=O)c1ccccc1. The maximum Gasteiger partial charge on any atom is 0.227 e. The Hall–Kier alpha value is -1.15. The maximum atomic E-state index is 10.0. The summed E-state index contributed by atoms with van der Waals surface area (Å²) < 4.78 is 0. The minimum absolute atomic E-state index is 0.153. The molecule has 0 atom stereocenters.